The van der Waals surface area contributed by atoms with Gasteiger partial charge in [-0.3, -0.25) is 9.59 Å². The molecule has 0 bridgehead atoms. The van der Waals surface area contributed by atoms with E-state index in [0.29, 0.717) is 11.4 Å². The number of hydrogen-bond acceptors (Lipinski definition) is 4. The fourth-order valence-electron chi connectivity index (χ4n) is 4.06. The van der Waals surface area contributed by atoms with E-state index in [1.54, 1.807) is 17.5 Å². The first-order valence-corrected chi connectivity index (χ1v) is 10.0. The normalized spacial score (nSPS) is 20.7. The van der Waals surface area contributed by atoms with Crippen LogP contribution in [0.15, 0.2) is 17.1 Å². The maximum absolute atomic E-state index is 12.9. The molecule has 0 saturated heterocycles. The fraction of sp³-hybridized carbons (Fsp3) is 0.526. The first-order chi connectivity index (χ1) is 12.5. The number of nitrogens with one attached hydrogen (secondary N) is 1. The minimum atomic E-state index is -0.210. The summed E-state index contributed by atoms with van der Waals surface area (Å²) in [4.78, 5) is 26.6. The third kappa shape index (κ3) is 2.84. The van der Waals surface area contributed by atoms with Crippen LogP contribution >= 0.6 is 11.3 Å². The molecule has 26 heavy (non-hydrogen) atoms. The maximum Gasteiger partial charge on any atom is 0.291 e. The van der Waals surface area contributed by atoms with Crippen LogP contribution < -0.4 is 10.9 Å². The Morgan fingerprint density at radius 2 is 2.15 bits per heavy atom. The SMILES string of the molecule is Cc1cc2c(s1)c1cnn(CC(=O)NC3CCCCC3C)c(=O)c1n2C. The van der Waals surface area contributed by atoms with Gasteiger partial charge in [0.1, 0.15) is 12.1 Å². The van der Waals surface area contributed by atoms with Crippen molar-refractivity contribution in [1.29, 1.82) is 0 Å². The highest BCUT2D eigenvalue weighted by atomic mass is 32.1. The van der Waals surface area contributed by atoms with Gasteiger partial charge >= 0.3 is 0 Å². The van der Waals surface area contributed by atoms with Crippen molar-refractivity contribution < 1.29 is 4.79 Å². The van der Waals surface area contributed by atoms with Gasteiger partial charge in [-0.05, 0) is 31.7 Å². The van der Waals surface area contributed by atoms with E-state index < -0.39 is 0 Å². The second-order valence-electron chi connectivity index (χ2n) is 7.44. The topological polar surface area (TPSA) is 68.9 Å². The van der Waals surface area contributed by atoms with E-state index in [2.05, 4.69) is 30.3 Å². The van der Waals surface area contributed by atoms with Crippen molar-refractivity contribution in [3.05, 3.63) is 27.5 Å². The summed E-state index contributed by atoms with van der Waals surface area (Å²) in [7, 11) is 1.90. The lowest BCUT2D eigenvalue weighted by Gasteiger charge is -2.29. The van der Waals surface area contributed by atoms with Crippen LogP contribution in [0.1, 0.15) is 37.5 Å². The van der Waals surface area contributed by atoms with Gasteiger partial charge < -0.3 is 9.88 Å². The molecule has 4 rings (SSSR count). The average molecular weight is 372 g/mol. The van der Waals surface area contributed by atoms with Gasteiger partial charge in [-0.1, -0.05) is 19.8 Å². The van der Waals surface area contributed by atoms with Crippen molar-refractivity contribution in [2.24, 2.45) is 13.0 Å². The molecule has 3 aromatic rings. The molecular weight excluding hydrogens is 348 g/mol. The summed E-state index contributed by atoms with van der Waals surface area (Å²) in [5.41, 5.74) is 1.44. The molecule has 1 aliphatic carbocycles. The second-order valence-corrected chi connectivity index (χ2v) is 8.69. The van der Waals surface area contributed by atoms with E-state index in [0.717, 1.165) is 34.9 Å². The smallest absolute Gasteiger partial charge is 0.291 e. The minimum Gasteiger partial charge on any atom is -0.351 e. The quantitative estimate of drug-likeness (QED) is 0.768. The lowest BCUT2D eigenvalue weighted by atomic mass is 9.86. The lowest BCUT2D eigenvalue weighted by molar-refractivity contribution is -0.123. The summed E-state index contributed by atoms with van der Waals surface area (Å²) in [5.74, 6) is 0.354. The van der Waals surface area contributed by atoms with Crippen molar-refractivity contribution in [1.82, 2.24) is 19.7 Å². The number of rotatable bonds is 3. The number of fused-ring (bicyclic) bond motifs is 3. The molecule has 138 valence electrons. The van der Waals surface area contributed by atoms with Gasteiger partial charge in [0.25, 0.3) is 5.56 Å². The summed E-state index contributed by atoms with van der Waals surface area (Å²) in [6.07, 6.45) is 6.26. The summed E-state index contributed by atoms with van der Waals surface area (Å²) in [6, 6.07) is 2.29. The Morgan fingerprint density at radius 1 is 1.38 bits per heavy atom. The molecule has 6 nitrogen and oxygen atoms in total. The number of aryl methyl sites for hydroxylation is 2. The third-order valence-electron chi connectivity index (χ3n) is 5.55. The molecule has 1 fully saturated rings. The molecule has 1 saturated carbocycles. The largest absolute Gasteiger partial charge is 0.351 e. The van der Waals surface area contributed by atoms with E-state index in [-0.39, 0.29) is 24.1 Å². The minimum absolute atomic E-state index is 0.0319. The van der Waals surface area contributed by atoms with Crippen LogP contribution in [-0.4, -0.2) is 26.3 Å². The zero-order valence-corrected chi connectivity index (χ0v) is 16.2. The Labute approximate surface area is 155 Å². The Hall–Kier alpha value is -2.15. The van der Waals surface area contributed by atoms with Crippen molar-refractivity contribution in [3.8, 4) is 0 Å². The van der Waals surface area contributed by atoms with Gasteiger partial charge in [0, 0.05) is 23.4 Å². The van der Waals surface area contributed by atoms with Gasteiger partial charge in [-0.2, -0.15) is 5.10 Å². The highest BCUT2D eigenvalue weighted by molar-refractivity contribution is 7.20. The van der Waals surface area contributed by atoms with E-state index >= 15 is 0 Å². The Bertz CT molecular complexity index is 1050. The molecule has 3 aromatic heterocycles. The predicted molar refractivity (Wildman–Crippen MR) is 105 cm³/mol. The Morgan fingerprint density at radius 3 is 2.92 bits per heavy atom. The highest BCUT2D eigenvalue weighted by Gasteiger charge is 2.23. The number of nitrogens with zero attached hydrogens (tertiary/aromatic N) is 3. The van der Waals surface area contributed by atoms with Crippen molar-refractivity contribution in [2.45, 2.75) is 52.1 Å². The molecule has 0 radical (unpaired) electrons. The molecule has 3 heterocycles. The second kappa shape index (κ2) is 6.54. The van der Waals surface area contributed by atoms with Crippen LogP contribution in [0.25, 0.3) is 21.1 Å². The van der Waals surface area contributed by atoms with Crippen LogP contribution in [0, 0.1) is 12.8 Å². The fourth-order valence-corrected chi connectivity index (χ4v) is 5.12. The monoisotopic (exact) mass is 372 g/mol. The summed E-state index contributed by atoms with van der Waals surface area (Å²) >= 11 is 1.67. The van der Waals surface area contributed by atoms with Gasteiger partial charge in [0.2, 0.25) is 5.91 Å². The van der Waals surface area contributed by atoms with Crippen LogP contribution in [0.2, 0.25) is 0 Å². The summed E-state index contributed by atoms with van der Waals surface area (Å²) in [6.45, 7) is 4.21. The first kappa shape index (κ1) is 17.3. The number of amides is 1. The molecule has 2 atom stereocenters. The van der Waals surface area contributed by atoms with E-state index in [4.69, 9.17) is 0 Å². The molecule has 7 heteroatoms. The summed E-state index contributed by atoms with van der Waals surface area (Å²) < 4.78 is 4.27. The maximum atomic E-state index is 12.9. The van der Waals surface area contributed by atoms with Crippen LogP contribution in [0.5, 0.6) is 0 Å². The van der Waals surface area contributed by atoms with Crippen molar-refractivity contribution in [3.63, 3.8) is 0 Å². The molecule has 0 spiro atoms. The highest BCUT2D eigenvalue weighted by Crippen LogP contribution is 2.32. The molecule has 1 N–H and O–H groups in total. The first-order valence-electron chi connectivity index (χ1n) is 9.19. The van der Waals surface area contributed by atoms with Crippen molar-refractivity contribution in [2.75, 3.05) is 0 Å². The molecule has 0 aromatic carbocycles. The standard InChI is InChI=1S/C19H24N4O2S/c1-11-6-4-5-7-14(11)21-16(24)10-23-19(25)17-13(9-20-23)18-15(22(17)3)8-12(2)26-18/h8-9,11,14H,4-7,10H2,1-3H3,(H,21,24). The van der Waals surface area contributed by atoms with E-state index in [1.165, 1.54) is 16.0 Å². The third-order valence-corrected chi connectivity index (χ3v) is 6.62. The number of carbonyl (C=O) groups is 1. The van der Waals surface area contributed by atoms with Gasteiger partial charge in [0.15, 0.2) is 0 Å². The molecule has 0 aliphatic heterocycles. The van der Waals surface area contributed by atoms with E-state index in [1.807, 2.05) is 11.6 Å². The van der Waals surface area contributed by atoms with Crippen LogP contribution in [0.4, 0.5) is 0 Å². The van der Waals surface area contributed by atoms with E-state index in [9.17, 15) is 9.59 Å². The van der Waals surface area contributed by atoms with Crippen LogP contribution in [-0.2, 0) is 18.4 Å². The molecule has 1 aliphatic rings. The number of thiophene rings is 1. The van der Waals surface area contributed by atoms with Gasteiger partial charge in [-0.25, -0.2) is 4.68 Å². The molecular formula is C19H24N4O2S. The zero-order valence-electron chi connectivity index (χ0n) is 15.4. The van der Waals surface area contributed by atoms with Gasteiger partial charge in [0.05, 0.1) is 16.4 Å². The number of carbonyl (C=O) groups excluding carboxylic acids is 1. The molecule has 2 unspecified atom stereocenters. The lowest BCUT2D eigenvalue weighted by Crippen LogP contribution is -2.43. The Balaban J connectivity index is 1.63. The van der Waals surface area contributed by atoms with Crippen LogP contribution in [0.3, 0.4) is 0 Å². The molecule has 1 amide bonds. The van der Waals surface area contributed by atoms with Crippen molar-refractivity contribution >= 4 is 38.4 Å². The predicted octanol–water partition coefficient (Wildman–Crippen LogP) is 2.95. The average Bonchev–Trinajstić information content (AvgIpc) is 3.10. The number of hydrogen-bond donors (Lipinski definition) is 1. The zero-order chi connectivity index (χ0) is 18.4. The Kier molecular flexibility index (Phi) is 4.34. The number of aromatic nitrogens is 3. The summed E-state index contributed by atoms with van der Waals surface area (Å²) in [5, 5.41) is 8.22. The van der Waals surface area contributed by atoms with Gasteiger partial charge in [-0.15, -0.1) is 11.3 Å².